The Bertz CT molecular complexity index is 597. The van der Waals surface area contributed by atoms with Crippen molar-refractivity contribution in [2.75, 3.05) is 13.1 Å². The molecule has 4 heteroatoms. The molecule has 1 aromatic carbocycles. The zero-order valence-corrected chi connectivity index (χ0v) is 10.6. The Balaban J connectivity index is 1.71. The third-order valence-corrected chi connectivity index (χ3v) is 3.21. The van der Waals surface area contributed by atoms with Crippen LogP contribution < -0.4 is 0 Å². The molecule has 1 aliphatic rings. The summed E-state index contributed by atoms with van der Waals surface area (Å²) < 4.78 is 1.80. The Kier molecular flexibility index (Phi) is 3.14. The van der Waals surface area contributed by atoms with E-state index < -0.39 is 0 Å². The van der Waals surface area contributed by atoms with Gasteiger partial charge in [-0.3, -0.25) is 4.79 Å². The van der Waals surface area contributed by atoms with Crippen molar-refractivity contribution >= 4 is 12.0 Å². The molecule has 96 valence electrons. The standard InChI is InChI=1S/C15H15N3O/c19-15(17-9-4-10-17)8-7-13-11-16-18(12-13)14-5-2-1-3-6-14/h1-3,5-8,11-12H,4,9-10H2. The third kappa shape index (κ3) is 2.57. The molecule has 0 N–H and O–H groups in total. The molecule has 0 unspecified atom stereocenters. The van der Waals surface area contributed by atoms with E-state index in [1.807, 2.05) is 47.5 Å². The van der Waals surface area contributed by atoms with Crippen molar-refractivity contribution in [3.8, 4) is 5.69 Å². The Labute approximate surface area is 112 Å². The molecule has 1 aliphatic heterocycles. The van der Waals surface area contributed by atoms with Crippen molar-refractivity contribution in [2.45, 2.75) is 6.42 Å². The lowest BCUT2D eigenvalue weighted by atomic mass is 10.2. The number of aromatic nitrogens is 2. The molecule has 1 amide bonds. The van der Waals surface area contributed by atoms with Crippen molar-refractivity contribution < 1.29 is 4.79 Å². The topological polar surface area (TPSA) is 38.1 Å². The first-order valence-corrected chi connectivity index (χ1v) is 6.40. The van der Waals surface area contributed by atoms with E-state index in [0.717, 1.165) is 30.8 Å². The molecule has 0 aliphatic carbocycles. The second kappa shape index (κ2) is 5.10. The SMILES string of the molecule is O=C(C=Cc1cnn(-c2ccccc2)c1)N1CCC1. The maximum absolute atomic E-state index is 11.7. The van der Waals surface area contributed by atoms with E-state index in [9.17, 15) is 4.79 Å². The van der Waals surface area contributed by atoms with E-state index in [4.69, 9.17) is 0 Å². The number of hydrogen-bond acceptors (Lipinski definition) is 2. The van der Waals surface area contributed by atoms with Crippen LogP contribution in [0.2, 0.25) is 0 Å². The smallest absolute Gasteiger partial charge is 0.246 e. The third-order valence-electron chi connectivity index (χ3n) is 3.21. The van der Waals surface area contributed by atoms with Crippen LogP contribution in [0.3, 0.4) is 0 Å². The van der Waals surface area contributed by atoms with Crippen molar-refractivity contribution in [1.82, 2.24) is 14.7 Å². The van der Waals surface area contributed by atoms with E-state index >= 15 is 0 Å². The lowest BCUT2D eigenvalue weighted by molar-refractivity contribution is -0.129. The normalized spacial score (nSPS) is 14.6. The molecule has 2 heterocycles. The van der Waals surface area contributed by atoms with Crippen molar-refractivity contribution in [3.05, 3.63) is 54.4 Å². The summed E-state index contributed by atoms with van der Waals surface area (Å²) in [5.74, 6) is 0.0821. The monoisotopic (exact) mass is 253 g/mol. The molecular formula is C15H15N3O. The molecule has 0 spiro atoms. The fourth-order valence-corrected chi connectivity index (χ4v) is 1.95. The molecule has 19 heavy (non-hydrogen) atoms. The molecule has 1 aromatic heterocycles. The van der Waals surface area contributed by atoms with Gasteiger partial charge in [0.2, 0.25) is 5.91 Å². The summed E-state index contributed by atoms with van der Waals surface area (Å²) in [6.07, 6.45) is 8.21. The molecule has 0 atom stereocenters. The van der Waals surface area contributed by atoms with Gasteiger partial charge >= 0.3 is 0 Å². The molecule has 1 saturated heterocycles. The molecule has 0 bridgehead atoms. The number of benzene rings is 1. The minimum absolute atomic E-state index is 0.0821. The Morgan fingerprint density at radius 2 is 2.00 bits per heavy atom. The summed E-state index contributed by atoms with van der Waals surface area (Å²) >= 11 is 0. The Morgan fingerprint density at radius 1 is 1.21 bits per heavy atom. The zero-order valence-electron chi connectivity index (χ0n) is 10.6. The fourth-order valence-electron chi connectivity index (χ4n) is 1.95. The van der Waals surface area contributed by atoms with Crippen molar-refractivity contribution in [2.24, 2.45) is 0 Å². The first kappa shape index (κ1) is 11.7. The van der Waals surface area contributed by atoms with Crippen LogP contribution in [0.4, 0.5) is 0 Å². The second-order valence-corrected chi connectivity index (χ2v) is 4.57. The zero-order chi connectivity index (χ0) is 13.1. The van der Waals surface area contributed by atoms with Crippen molar-refractivity contribution in [3.63, 3.8) is 0 Å². The van der Waals surface area contributed by atoms with Gasteiger partial charge in [-0.05, 0) is 24.6 Å². The average Bonchev–Trinajstić information content (AvgIpc) is 2.84. The molecule has 3 rings (SSSR count). The van der Waals surface area contributed by atoms with Crippen LogP contribution in [0.25, 0.3) is 11.8 Å². The number of carbonyl (C=O) groups excluding carboxylic acids is 1. The van der Waals surface area contributed by atoms with Gasteiger partial charge in [-0.2, -0.15) is 5.10 Å². The quantitative estimate of drug-likeness (QED) is 0.786. The van der Waals surface area contributed by atoms with E-state index in [0.29, 0.717) is 0 Å². The lowest BCUT2D eigenvalue weighted by Gasteiger charge is -2.29. The van der Waals surface area contributed by atoms with E-state index in [2.05, 4.69) is 5.10 Å². The maximum atomic E-state index is 11.7. The first-order chi connectivity index (χ1) is 9.33. The largest absolute Gasteiger partial charge is 0.339 e. The van der Waals surface area contributed by atoms with Gasteiger partial charge in [-0.25, -0.2) is 4.68 Å². The van der Waals surface area contributed by atoms with Gasteiger partial charge in [0.05, 0.1) is 11.9 Å². The molecule has 2 aromatic rings. The highest BCUT2D eigenvalue weighted by Crippen LogP contribution is 2.10. The summed E-state index contributed by atoms with van der Waals surface area (Å²) in [5.41, 5.74) is 1.94. The number of carbonyl (C=O) groups is 1. The summed E-state index contributed by atoms with van der Waals surface area (Å²) in [6, 6.07) is 9.90. The highest BCUT2D eigenvalue weighted by atomic mass is 16.2. The minimum atomic E-state index is 0.0821. The Morgan fingerprint density at radius 3 is 2.68 bits per heavy atom. The lowest BCUT2D eigenvalue weighted by Crippen LogP contribution is -2.40. The second-order valence-electron chi connectivity index (χ2n) is 4.57. The predicted molar refractivity (Wildman–Crippen MR) is 73.8 cm³/mol. The van der Waals surface area contributed by atoms with E-state index in [1.54, 1.807) is 17.0 Å². The van der Waals surface area contributed by atoms with Gasteiger partial charge in [0, 0.05) is 30.9 Å². The van der Waals surface area contributed by atoms with Gasteiger partial charge in [0.1, 0.15) is 0 Å². The number of amides is 1. The predicted octanol–water partition coefficient (Wildman–Crippen LogP) is 2.12. The van der Waals surface area contributed by atoms with Crippen LogP contribution in [0, 0.1) is 0 Å². The number of rotatable bonds is 3. The molecule has 4 nitrogen and oxygen atoms in total. The van der Waals surface area contributed by atoms with Crippen LogP contribution >= 0.6 is 0 Å². The average molecular weight is 253 g/mol. The molecule has 0 saturated carbocycles. The van der Waals surface area contributed by atoms with E-state index in [-0.39, 0.29) is 5.91 Å². The maximum Gasteiger partial charge on any atom is 0.246 e. The van der Waals surface area contributed by atoms with Crippen LogP contribution in [0.15, 0.2) is 48.8 Å². The highest BCUT2D eigenvalue weighted by Gasteiger charge is 2.17. The molecular weight excluding hydrogens is 238 g/mol. The number of likely N-dealkylation sites (tertiary alicyclic amines) is 1. The van der Waals surface area contributed by atoms with Gasteiger partial charge in [-0.1, -0.05) is 18.2 Å². The highest BCUT2D eigenvalue weighted by molar-refractivity contribution is 5.92. The van der Waals surface area contributed by atoms with Crippen molar-refractivity contribution in [1.29, 1.82) is 0 Å². The molecule has 1 fully saturated rings. The summed E-state index contributed by atoms with van der Waals surface area (Å²) in [7, 11) is 0. The number of para-hydroxylation sites is 1. The van der Waals surface area contributed by atoms with Gasteiger partial charge < -0.3 is 4.90 Å². The van der Waals surface area contributed by atoms with Crippen LogP contribution in [-0.2, 0) is 4.79 Å². The summed E-state index contributed by atoms with van der Waals surface area (Å²) in [4.78, 5) is 13.5. The minimum Gasteiger partial charge on any atom is -0.339 e. The van der Waals surface area contributed by atoms with Gasteiger partial charge in [0.25, 0.3) is 0 Å². The Hall–Kier alpha value is -2.36. The molecule has 0 radical (unpaired) electrons. The first-order valence-electron chi connectivity index (χ1n) is 6.40. The van der Waals surface area contributed by atoms with E-state index in [1.165, 1.54) is 0 Å². The van der Waals surface area contributed by atoms with Gasteiger partial charge in [-0.15, -0.1) is 0 Å². The summed E-state index contributed by atoms with van der Waals surface area (Å²) in [5, 5.41) is 4.28. The fraction of sp³-hybridized carbons (Fsp3) is 0.200. The van der Waals surface area contributed by atoms with Crippen LogP contribution in [0.1, 0.15) is 12.0 Å². The number of hydrogen-bond donors (Lipinski definition) is 0. The van der Waals surface area contributed by atoms with Gasteiger partial charge in [0.15, 0.2) is 0 Å². The van der Waals surface area contributed by atoms with Crippen LogP contribution in [-0.4, -0.2) is 33.7 Å². The summed E-state index contributed by atoms with van der Waals surface area (Å²) in [6.45, 7) is 1.76. The van der Waals surface area contributed by atoms with Crippen LogP contribution in [0.5, 0.6) is 0 Å². The number of nitrogens with zero attached hydrogens (tertiary/aromatic N) is 3.